The first kappa shape index (κ1) is 18.8. The normalized spacial score (nSPS) is 16.3. The van der Waals surface area contributed by atoms with Crippen molar-refractivity contribution in [1.82, 2.24) is 13.9 Å². The van der Waals surface area contributed by atoms with Crippen molar-refractivity contribution in [2.45, 2.75) is 26.2 Å². The van der Waals surface area contributed by atoms with Gasteiger partial charge in [0.2, 0.25) is 5.91 Å². The van der Waals surface area contributed by atoms with Gasteiger partial charge in [0.15, 0.2) is 0 Å². The Balaban J connectivity index is 1.81. The van der Waals surface area contributed by atoms with E-state index < -0.39 is 10.2 Å². The first-order chi connectivity index (χ1) is 11.4. The molecule has 1 aliphatic heterocycles. The second-order valence-electron chi connectivity index (χ2n) is 5.77. The Hall–Kier alpha value is -1.51. The highest BCUT2D eigenvalue weighted by Gasteiger charge is 2.28. The van der Waals surface area contributed by atoms with Crippen molar-refractivity contribution in [1.29, 1.82) is 0 Å². The van der Waals surface area contributed by atoms with Gasteiger partial charge in [0.25, 0.3) is 10.2 Å². The van der Waals surface area contributed by atoms with Crippen molar-refractivity contribution in [3.63, 3.8) is 0 Å². The molecule has 134 valence electrons. The minimum Gasteiger partial charge on any atom is -0.340 e. The minimum atomic E-state index is -3.46. The van der Waals surface area contributed by atoms with Gasteiger partial charge in [-0.25, -0.2) is 9.11 Å². The van der Waals surface area contributed by atoms with Crippen LogP contribution < -0.4 is 4.72 Å². The molecule has 0 bridgehead atoms. The number of hydrogen-bond donors (Lipinski definition) is 1. The molecule has 0 radical (unpaired) electrons. The lowest BCUT2D eigenvalue weighted by Gasteiger charge is -2.34. The molecule has 0 atom stereocenters. The van der Waals surface area contributed by atoms with Crippen molar-refractivity contribution < 1.29 is 17.6 Å². The summed E-state index contributed by atoms with van der Waals surface area (Å²) in [7, 11) is -3.46. The molecule has 24 heavy (non-hydrogen) atoms. The topological polar surface area (TPSA) is 69.7 Å². The van der Waals surface area contributed by atoms with Crippen LogP contribution >= 0.6 is 0 Å². The molecule has 0 aliphatic carbocycles. The highest BCUT2D eigenvalue weighted by atomic mass is 32.2. The van der Waals surface area contributed by atoms with Gasteiger partial charge in [-0.15, -0.1) is 0 Å². The summed E-state index contributed by atoms with van der Waals surface area (Å²) in [5, 5.41) is 0. The third-order valence-corrected chi connectivity index (χ3v) is 5.65. The molecule has 2 rings (SSSR count). The summed E-state index contributed by atoms with van der Waals surface area (Å²) in [6.07, 6.45) is 1.30. The summed E-state index contributed by atoms with van der Waals surface area (Å²) in [5.74, 6) is -0.375. The van der Waals surface area contributed by atoms with E-state index in [9.17, 15) is 17.6 Å². The molecule has 0 aromatic heterocycles. The van der Waals surface area contributed by atoms with Crippen LogP contribution in [0.4, 0.5) is 4.39 Å². The fraction of sp³-hybridized carbons (Fsp3) is 0.562. The fourth-order valence-electron chi connectivity index (χ4n) is 2.60. The maximum atomic E-state index is 13.6. The van der Waals surface area contributed by atoms with Crippen LogP contribution in [0.15, 0.2) is 24.3 Å². The van der Waals surface area contributed by atoms with E-state index in [4.69, 9.17) is 0 Å². The van der Waals surface area contributed by atoms with E-state index in [1.165, 1.54) is 10.4 Å². The standard InChI is InChI=1S/C16H24FN3O3S/c1-2-9-18-24(22,23)20-12-10-19(11-13-20)16(21)8-7-14-5-3-4-6-15(14)17/h3-6,18H,2,7-13H2,1H3. The Morgan fingerprint density at radius 2 is 1.88 bits per heavy atom. The zero-order valence-electron chi connectivity index (χ0n) is 13.9. The Labute approximate surface area is 142 Å². The molecule has 0 unspecified atom stereocenters. The average Bonchev–Trinajstić information content (AvgIpc) is 2.59. The zero-order valence-corrected chi connectivity index (χ0v) is 14.7. The molecule has 1 aromatic carbocycles. The van der Waals surface area contributed by atoms with E-state index in [1.54, 1.807) is 23.1 Å². The van der Waals surface area contributed by atoms with Gasteiger partial charge in [-0.3, -0.25) is 4.79 Å². The summed E-state index contributed by atoms with van der Waals surface area (Å²) in [6, 6.07) is 6.42. The lowest BCUT2D eigenvalue weighted by atomic mass is 10.1. The van der Waals surface area contributed by atoms with Crippen molar-refractivity contribution in [3.05, 3.63) is 35.6 Å². The lowest BCUT2D eigenvalue weighted by Crippen LogP contribution is -2.53. The van der Waals surface area contributed by atoms with Crippen molar-refractivity contribution in [2.24, 2.45) is 0 Å². The largest absolute Gasteiger partial charge is 0.340 e. The maximum absolute atomic E-state index is 13.6. The van der Waals surface area contributed by atoms with Crippen molar-refractivity contribution >= 4 is 16.1 Å². The molecule has 8 heteroatoms. The highest BCUT2D eigenvalue weighted by molar-refractivity contribution is 7.87. The monoisotopic (exact) mass is 357 g/mol. The molecule has 0 spiro atoms. The molecule has 0 saturated carbocycles. The van der Waals surface area contributed by atoms with Gasteiger partial charge < -0.3 is 4.90 Å². The molecule has 1 saturated heterocycles. The summed E-state index contributed by atoms with van der Waals surface area (Å²) in [4.78, 5) is 13.9. The van der Waals surface area contributed by atoms with Crippen LogP contribution in [0.2, 0.25) is 0 Å². The van der Waals surface area contributed by atoms with E-state index in [0.717, 1.165) is 6.42 Å². The van der Waals surface area contributed by atoms with Crippen LogP contribution in [0.3, 0.4) is 0 Å². The second-order valence-corrected chi connectivity index (χ2v) is 7.53. The predicted octanol–water partition coefficient (Wildman–Crippen LogP) is 1.15. The van der Waals surface area contributed by atoms with Gasteiger partial charge >= 0.3 is 0 Å². The summed E-state index contributed by atoms with van der Waals surface area (Å²) in [5.41, 5.74) is 0.524. The van der Waals surface area contributed by atoms with Crippen LogP contribution in [-0.4, -0.2) is 56.3 Å². The molecule has 1 amide bonds. The molecule has 1 N–H and O–H groups in total. The first-order valence-corrected chi connectivity index (χ1v) is 9.64. The number of hydrogen-bond acceptors (Lipinski definition) is 3. The molecule has 1 fully saturated rings. The van der Waals surface area contributed by atoms with E-state index >= 15 is 0 Å². The highest BCUT2D eigenvalue weighted by Crippen LogP contribution is 2.12. The van der Waals surface area contributed by atoms with Crippen molar-refractivity contribution in [3.8, 4) is 0 Å². The van der Waals surface area contributed by atoms with E-state index in [1.807, 2.05) is 6.92 Å². The molecule has 1 aromatic rings. The number of halogens is 1. The van der Waals surface area contributed by atoms with Crippen LogP contribution in [0, 0.1) is 5.82 Å². The predicted molar refractivity (Wildman–Crippen MR) is 90.1 cm³/mol. The number of piperazine rings is 1. The average molecular weight is 357 g/mol. The van der Waals surface area contributed by atoms with Crippen LogP contribution in [0.25, 0.3) is 0 Å². The second kappa shape index (κ2) is 8.55. The number of nitrogens with zero attached hydrogens (tertiary/aromatic N) is 2. The smallest absolute Gasteiger partial charge is 0.279 e. The molecular weight excluding hydrogens is 333 g/mol. The van der Waals surface area contributed by atoms with Gasteiger partial charge in [-0.2, -0.15) is 12.7 Å². The zero-order chi connectivity index (χ0) is 17.6. The number of amides is 1. The number of nitrogens with one attached hydrogen (secondary N) is 1. The maximum Gasteiger partial charge on any atom is 0.279 e. The van der Waals surface area contributed by atoms with Crippen LogP contribution in [-0.2, 0) is 21.4 Å². The number of benzene rings is 1. The van der Waals surface area contributed by atoms with Gasteiger partial charge in [0.05, 0.1) is 0 Å². The van der Waals surface area contributed by atoms with Gasteiger partial charge in [0, 0.05) is 39.1 Å². The Morgan fingerprint density at radius 3 is 2.50 bits per heavy atom. The van der Waals surface area contributed by atoms with Crippen LogP contribution in [0.5, 0.6) is 0 Å². The Bertz CT molecular complexity index is 658. The molecule has 1 heterocycles. The SMILES string of the molecule is CCCNS(=O)(=O)N1CCN(C(=O)CCc2ccccc2F)CC1. The fourth-order valence-corrected chi connectivity index (χ4v) is 3.89. The minimum absolute atomic E-state index is 0.0724. The van der Waals surface area contributed by atoms with Crippen LogP contribution in [0.1, 0.15) is 25.3 Å². The van der Waals surface area contributed by atoms with Gasteiger partial charge in [-0.05, 0) is 24.5 Å². The Kier molecular flexibility index (Phi) is 6.70. The third-order valence-electron chi connectivity index (χ3n) is 4.03. The van der Waals surface area contributed by atoms with E-state index in [0.29, 0.717) is 31.6 Å². The summed E-state index contributed by atoms with van der Waals surface area (Å²) in [6.45, 7) is 3.60. The number of carbonyl (C=O) groups is 1. The number of aryl methyl sites for hydroxylation is 1. The quantitative estimate of drug-likeness (QED) is 0.796. The summed E-state index contributed by atoms with van der Waals surface area (Å²) >= 11 is 0. The van der Waals surface area contributed by atoms with Crippen molar-refractivity contribution in [2.75, 3.05) is 32.7 Å². The van der Waals surface area contributed by atoms with Gasteiger partial charge in [-0.1, -0.05) is 25.1 Å². The van der Waals surface area contributed by atoms with E-state index in [-0.39, 0.29) is 31.2 Å². The Morgan fingerprint density at radius 1 is 1.21 bits per heavy atom. The van der Waals surface area contributed by atoms with Gasteiger partial charge in [0.1, 0.15) is 5.82 Å². The lowest BCUT2D eigenvalue weighted by molar-refractivity contribution is -0.132. The molecule has 1 aliphatic rings. The number of carbonyl (C=O) groups excluding carboxylic acids is 1. The molecule has 6 nitrogen and oxygen atoms in total. The first-order valence-electron chi connectivity index (χ1n) is 8.20. The molecular formula is C16H24FN3O3S. The summed E-state index contributed by atoms with van der Waals surface area (Å²) < 4.78 is 41.5. The number of rotatable bonds is 7. The van der Waals surface area contributed by atoms with E-state index in [2.05, 4.69) is 4.72 Å². The third kappa shape index (κ3) is 4.99.